The van der Waals surface area contributed by atoms with E-state index in [0.717, 1.165) is 27.9 Å². The highest BCUT2D eigenvalue weighted by molar-refractivity contribution is 6.36. The highest BCUT2D eigenvalue weighted by Gasteiger charge is 2.25. The van der Waals surface area contributed by atoms with Crippen LogP contribution in [0.1, 0.15) is 16.8 Å². The molecule has 0 saturated carbocycles. The fourth-order valence-electron chi connectivity index (χ4n) is 3.58. The van der Waals surface area contributed by atoms with Crippen molar-refractivity contribution in [3.63, 3.8) is 0 Å². The maximum absolute atomic E-state index is 12.6. The lowest BCUT2D eigenvalue weighted by molar-refractivity contribution is -0.110. The fourth-order valence-corrected chi connectivity index (χ4v) is 3.75. The Bertz CT molecular complexity index is 1260. The molecule has 0 spiro atoms. The molecule has 0 atom stereocenters. The molecule has 1 amide bonds. The predicted octanol–water partition coefficient (Wildman–Crippen LogP) is 5.14. The van der Waals surface area contributed by atoms with E-state index in [4.69, 9.17) is 16.7 Å². The van der Waals surface area contributed by atoms with Crippen molar-refractivity contribution in [1.82, 2.24) is 14.8 Å². The van der Waals surface area contributed by atoms with Crippen LogP contribution in [0.3, 0.4) is 0 Å². The smallest absolute Gasteiger partial charge is 0.256 e. The second-order valence-corrected chi connectivity index (χ2v) is 7.49. The number of pyridine rings is 1. The Balaban J connectivity index is 1.62. The molecule has 4 aromatic rings. The summed E-state index contributed by atoms with van der Waals surface area (Å²) in [6.07, 6.45) is 7.34. The number of fused-ring (bicyclic) bond motifs is 1. The van der Waals surface area contributed by atoms with Crippen molar-refractivity contribution in [1.29, 1.82) is 0 Å². The SMILES string of the molecule is O=C1Nc2ccc(Cl)cc2C1=Cc1nn(Cc2ccccc2)cc1-c1cccnc1. The van der Waals surface area contributed by atoms with E-state index in [9.17, 15) is 4.79 Å². The third-order valence-electron chi connectivity index (χ3n) is 5.00. The molecule has 0 bridgehead atoms. The summed E-state index contributed by atoms with van der Waals surface area (Å²) >= 11 is 6.17. The number of nitrogens with zero attached hydrogens (tertiary/aromatic N) is 3. The molecule has 3 heterocycles. The normalized spacial score (nSPS) is 14.0. The Morgan fingerprint density at radius 2 is 1.90 bits per heavy atom. The average Bonchev–Trinajstić information content (AvgIpc) is 3.30. The summed E-state index contributed by atoms with van der Waals surface area (Å²) in [7, 11) is 0. The van der Waals surface area contributed by atoms with Crippen LogP contribution in [0.25, 0.3) is 22.8 Å². The molecule has 5 nitrogen and oxygen atoms in total. The molecule has 5 rings (SSSR count). The van der Waals surface area contributed by atoms with Gasteiger partial charge in [0.1, 0.15) is 0 Å². The summed E-state index contributed by atoms with van der Waals surface area (Å²) in [5.74, 6) is -0.165. The van der Waals surface area contributed by atoms with Crippen LogP contribution in [-0.4, -0.2) is 20.7 Å². The minimum Gasteiger partial charge on any atom is -0.321 e. The van der Waals surface area contributed by atoms with Crippen LogP contribution in [0, 0.1) is 0 Å². The first kappa shape index (κ1) is 18.3. The molecule has 146 valence electrons. The summed E-state index contributed by atoms with van der Waals surface area (Å²) in [4.78, 5) is 16.9. The molecular formula is C24H17ClN4O. The van der Waals surface area contributed by atoms with E-state index in [1.54, 1.807) is 24.5 Å². The summed E-state index contributed by atoms with van der Waals surface area (Å²) in [5.41, 5.74) is 5.78. The monoisotopic (exact) mass is 412 g/mol. The van der Waals surface area contributed by atoms with Crippen molar-refractivity contribution in [2.75, 3.05) is 5.32 Å². The molecule has 0 saturated heterocycles. The lowest BCUT2D eigenvalue weighted by Crippen LogP contribution is -2.04. The minimum atomic E-state index is -0.165. The van der Waals surface area contributed by atoms with Crippen LogP contribution in [0.5, 0.6) is 0 Å². The van der Waals surface area contributed by atoms with Gasteiger partial charge in [-0.25, -0.2) is 0 Å². The quantitative estimate of drug-likeness (QED) is 0.472. The number of carbonyl (C=O) groups excluding carboxylic acids is 1. The van der Waals surface area contributed by atoms with Gasteiger partial charge in [0, 0.05) is 46.0 Å². The lowest BCUT2D eigenvalue weighted by atomic mass is 10.0. The third kappa shape index (κ3) is 3.51. The van der Waals surface area contributed by atoms with Gasteiger partial charge in [0.05, 0.1) is 17.8 Å². The number of benzene rings is 2. The van der Waals surface area contributed by atoms with Gasteiger partial charge in [-0.05, 0) is 35.9 Å². The van der Waals surface area contributed by atoms with Crippen molar-refractivity contribution in [3.8, 4) is 11.1 Å². The fraction of sp³-hybridized carbons (Fsp3) is 0.0417. The summed E-state index contributed by atoms with van der Waals surface area (Å²) in [6.45, 7) is 0.631. The predicted molar refractivity (Wildman–Crippen MR) is 119 cm³/mol. The Kier molecular flexibility index (Phi) is 4.65. The first-order valence-corrected chi connectivity index (χ1v) is 9.90. The second-order valence-electron chi connectivity index (χ2n) is 7.05. The van der Waals surface area contributed by atoms with E-state index in [2.05, 4.69) is 22.4 Å². The van der Waals surface area contributed by atoms with Gasteiger partial charge < -0.3 is 5.32 Å². The van der Waals surface area contributed by atoms with Crippen LogP contribution in [0.4, 0.5) is 5.69 Å². The van der Waals surface area contributed by atoms with Crippen molar-refractivity contribution in [2.45, 2.75) is 6.54 Å². The largest absolute Gasteiger partial charge is 0.321 e. The number of hydrogen-bond donors (Lipinski definition) is 1. The van der Waals surface area contributed by atoms with E-state index in [1.165, 1.54) is 0 Å². The van der Waals surface area contributed by atoms with Crippen LogP contribution in [0.2, 0.25) is 5.02 Å². The molecule has 0 aliphatic carbocycles. The maximum Gasteiger partial charge on any atom is 0.256 e. The number of halogens is 1. The summed E-state index contributed by atoms with van der Waals surface area (Å²) < 4.78 is 1.88. The van der Waals surface area contributed by atoms with Crippen molar-refractivity contribution in [2.24, 2.45) is 0 Å². The molecule has 2 aromatic carbocycles. The number of rotatable bonds is 4. The van der Waals surface area contributed by atoms with Gasteiger partial charge in [-0.15, -0.1) is 0 Å². The number of hydrogen-bond acceptors (Lipinski definition) is 3. The molecule has 0 radical (unpaired) electrons. The Morgan fingerprint density at radius 1 is 1.03 bits per heavy atom. The number of amides is 1. The number of carbonyl (C=O) groups is 1. The van der Waals surface area contributed by atoms with E-state index in [0.29, 0.717) is 22.8 Å². The molecule has 2 aromatic heterocycles. The highest BCUT2D eigenvalue weighted by Crippen LogP contribution is 2.36. The molecule has 30 heavy (non-hydrogen) atoms. The van der Waals surface area contributed by atoms with Crippen molar-refractivity contribution in [3.05, 3.63) is 101 Å². The number of anilines is 1. The highest BCUT2D eigenvalue weighted by atomic mass is 35.5. The average molecular weight is 413 g/mol. The zero-order valence-corrected chi connectivity index (χ0v) is 16.7. The van der Waals surface area contributed by atoms with E-state index < -0.39 is 0 Å². The van der Waals surface area contributed by atoms with Crippen LogP contribution >= 0.6 is 11.6 Å². The van der Waals surface area contributed by atoms with Gasteiger partial charge in [0.2, 0.25) is 0 Å². The molecule has 1 aliphatic rings. The van der Waals surface area contributed by atoms with E-state index >= 15 is 0 Å². The topological polar surface area (TPSA) is 59.8 Å². The number of nitrogens with one attached hydrogen (secondary N) is 1. The Morgan fingerprint density at radius 3 is 2.70 bits per heavy atom. The van der Waals surface area contributed by atoms with Gasteiger partial charge in [0.25, 0.3) is 5.91 Å². The molecule has 1 N–H and O–H groups in total. The van der Waals surface area contributed by atoms with Crippen molar-refractivity contribution >= 4 is 34.8 Å². The molecular weight excluding hydrogens is 396 g/mol. The third-order valence-corrected chi connectivity index (χ3v) is 5.23. The van der Waals surface area contributed by atoms with Crippen LogP contribution in [-0.2, 0) is 11.3 Å². The van der Waals surface area contributed by atoms with Gasteiger partial charge >= 0.3 is 0 Å². The number of aromatic nitrogens is 3. The van der Waals surface area contributed by atoms with Gasteiger partial charge in [-0.2, -0.15) is 5.10 Å². The Labute approximate surface area is 178 Å². The van der Waals surface area contributed by atoms with E-state index in [1.807, 2.05) is 53.4 Å². The summed E-state index contributed by atoms with van der Waals surface area (Å²) in [6, 6.07) is 19.4. The lowest BCUT2D eigenvalue weighted by Gasteiger charge is -2.01. The van der Waals surface area contributed by atoms with Crippen molar-refractivity contribution < 1.29 is 4.79 Å². The van der Waals surface area contributed by atoms with Gasteiger partial charge in [0.15, 0.2) is 0 Å². The standard InChI is InChI=1S/C24H17ClN4O/c25-18-8-9-22-19(11-18)20(24(30)27-22)12-23-21(17-7-4-10-26-13-17)15-29(28-23)14-16-5-2-1-3-6-16/h1-13,15H,14H2,(H,27,30). The van der Waals surface area contributed by atoms with Gasteiger partial charge in [-0.3, -0.25) is 14.5 Å². The zero-order chi connectivity index (χ0) is 20.5. The zero-order valence-electron chi connectivity index (χ0n) is 15.9. The van der Waals surface area contributed by atoms with Crippen LogP contribution < -0.4 is 5.32 Å². The first-order valence-electron chi connectivity index (χ1n) is 9.52. The minimum absolute atomic E-state index is 0.165. The molecule has 0 fully saturated rings. The van der Waals surface area contributed by atoms with Gasteiger partial charge in [-0.1, -0.05) is 48.0 Å². The maximum atomic E-state index is 12.6. The summed E-state index contributed by atoms with van der Waals surface area (Å²) in [5, 5.41) is 8.24. The molecule has 0 unspecified atom stereocenters. The van der Waals surface area contributed by atoms with E-state index in [-0.39, 0.29) is 5.91 Å². The van der Waals surface area contributed by atoms with Crippen LogP contribution in [0.15, 0.2) is 79.3 Å². The second kappa shape index (κ2) is 7.61. The molecule has 1 aliphatic heterocycles. The molecule has 6 heteroatoms. The Hall–Kier alpha value is -3.70. The first-order chi connectivity index (χ1) is 14.7.